The van der Waals surface area contributed by atoms with Gasteiger partial charge in [-0.15, -0.1) is 0 Å². The molecule has 3 N–H and O–H groups in total. The second-order valence-electron chi connectivity index (χ2n) is 8.22. The van der Waals surface area contributed by atoms with Gasteiger partial charge in [0.15, 0.2) is 0 Å². The summed E-state index contributed by atoms with van der Waals surface area (Å²) < 4.78 is 6.44. The van der Waals surface area contributed by atoms with E-state index in [1.165, 1.54) is 32.1 Å². The van der Waals surface area contributed by atoms with Gasteiger partial charge in [0, 0.05) is 17.1 Å². The van der Waals surface area contributed by atoms with Crippen LogP contribution in [0.5, 0.6) is 0 Å². The van der Waals surface area contributed by atoms with Gasteiger partial charge in [0.2, 0.25) is 0 Å². The molecule has 2 saturated carbocycles. The number of aliphatic hydroxyl groups excluding tert-OH is 1. The Bertz CT molecular complexity index is 668. The monoisotopic (exact) mass is 452 g/mol. The van der Waals surface area contributed by atoms with Gasteiger partial charge >= 0.3 is 5.97 Å². The van der Waals surface area contributed by atoms with E-state index >= 15 is 0 Å². The van der Waals surface area contributed by atoms with Gasteiger partial charge in [0.05, 0.1) is 17.4 Å². The van der Waals surface area contributed by atoms with Crippen LogP contribution in [0.3, 0.4) is 0 Å². The number of nitrogens with zero attached hydrogens (tertiary/aromatic N) is 1. The van der Waals surface area contributed by atoms with Crippen molar-refractivity contribution in [3.05, 3.63) is 27.7 Å². The summed E-state index contributed by atoms with van der Waals surface area (Å²) in [6, 6.07) is 4.25. The molecule has 0 spiro atoms. The van der Waals surface area contributed by atoms with Crippen LogP contribution in [-0.2, 0) is 11.3 Å². The minimum absolute atomic E-state index is 0.106. The highest BCUT2D eigenvalue weighted by atomic mass is 79.9. The first-order valence-electron chi connectivity index (χ1n) is 10.7. The summed E-state index contributed by atoms with van der Waals surface area (Å²) in [4.78, 5) is 15.2. The fraction of sp³-hybridized carbons (Fsp3) is 0.682. The van der Waals surface area contributed by atoms with Crippen molar-refractivity contribution in [3.63, 3.8) is 0 Å². The minimum Gasteiger partial charge on any atom is -0.459 e. The van der Waals surface area contributed by atoms with Crippen LogP contribution in [0.15, 0.2) is 16.6 Å². The van der Waals surface area contributed by atoms with Crippen LogP contribution in [0.25, 0.3) is 0 Å². The minimum atomic E-state index is -0.302. The van der Waals surface area contributed by atoms with Crippen LogP contribution in [0.2, 0.25) is 0 Å². The van der Waals surface area contributed by atoms with E-state index in [2.05, 4.69) is 27.8 Å². The fourth-order valence-electron chi connectivity index (χ4n) is 4.47. The first-order valence-corrected chi connectivity index (χ1v) is 11.5. The first kappa shape index (κ1) is 21.6. The summed E-state index contributed by atoms with van der Waals surface area (Å²) >= 11 is 3.52. The average molecular weight is 453 g/mol. The fourth-order valence-corrected chi connectivity index (χ4v) is 4.97. The number of aliphatic hydroxyl groups is 1. The Hall–Kier alpha value is -1.11. The Kier molecular flexibility index (Phi) is 7.77. The number of hydrogen-bond acceptors (Lipinski definition) is 5. The lowest BCUT2D eigenvalue weighted by Crippen LogP contribution is -2.36. The number of hydrogen-bond donors (Lipinski definition) is 2. The number of nitrogen functional groups attached to an aromatic ring is 1. The SMILES string of the molecule is CCN(Cc1cc(C(=O)OC2CCC(O)CC2)cc(Br)c1N)C1CCCCC1. The lowest BCUT2D eigenvalue weighted by atomic mass is 9.93. The van der Waals surface area contributed by atoms with E-state index in [0.29, 0.717) is 30.1 Å². The predicted octanol–water partition coefficient (Wildman–Crippen LogP) is 4.65. The Morgan fingerprint density at radius 1 is 1.18 bits per heavy atom. The topological polar surface area (TPSA) is 75.8 Å². The number of halogens is 1. The zero-order valence-corrected chi connectivity index (χ0v) is 18.4. The molecule has 0 atom stereocenters. The predicted molar refractivity (Wildman–Crippen MR) is 115 cm³/mol. The van der Waals surface area contributed by atoms with Crippen LogP contribution in [-0.4, -0.2) is 40.8 Å². The van der Waals surface area contributed by atoms with E-state index < -0.39 is 0 Å². The molecular formula is C22H33BrN2O3. The highest BCUT2D eigenvalue weighted by Gasteiger charge is 2.25. The molecule has 3 rings (SSSR count). The summed E-state index contributed by atoms with van der Waals surface area (Å²) in [5, 5.41) is 9.63. The molecule has 0 radical (unpaired) electrons. The highest BCUT2D eigenvalue weighted by molar-refractivity contribution is 9.10. The number of anilines is 1. The number of benzene rings is 1. The van der Waals surface area contributed by atoms with Crippen molar-refractivity contribution in [3.8, 4) is 0 Å². The lowest BCUT2D eigenvalue weighted by molar-refractivity contribution is 0.00457. The van der Waals surface area contributed by atoms with E-state index in [1.54, 1.807) is 6.07 Å². The Labute approximate surface area is 176 Å². The molecule has 0 amide bonds. The Balaban J connectivity index is 1.71. The number of carbonyl (C=O) groups excluding carboxylic acids is 1. The molecule has 2 aliphatic rings. The second-order valence-corrected chi connectivity index (χ2v) is 9.08. The van der Waals surface area contributed by atoms with Gasteiger partial charge in [-0.05, 0) is 78.7 Å². The average Bonchev–Trinajstić information content (AvgIpc) is 2.71. The molecule has 6 heteroatoms. The maximum absolute atomic E-state index is 12.7. The van der Waals surface area contributed by atoms with Crippen molar-refractivity contribution in [2.75, 3.05) is 12.3 Å². The van der Waals surface area contributed by atoms with Gasteiger partial charge in [-0.25, -0.2) is 4.79 Å². The molecular weight excluding hydrogens is 420 g/mol. The molecule has 1 aromatic carbocycles. The number of carbonyl (C=O) groups is 1. The number of nitrogens with two attached hydrogens (primary N) is 1. The molecule has 5 nitrogen and oxygen atoms in total. The van der Waals surface area contributed by atoms with Crippen molar-refractivity contribution in [1.82, 2.24) is 4.90 Å². The molecule has 1 aromatic rings. The largest absolute Gasteiger partial charge is 0.459 e. The third kappa shape index (κ3) is 5.49. The molecule has 2 fully saturated rings. The van der Waals surface area contributed by atoms with Crippen molar-refractivity contribution >= 4 is 27.6 Å². The first-order chi connectivity index (χ1) is 13.5. The summed E-state index contributed by atoms with van der Waals surface area (Å²) in [7, 11) is 0. The molecule has 0 aromatic heterocycles. The maximum Gasteiger partial charge on any atom is 0.338 e. The highest BCUT2D eigenvalue weighted by Crippen LogP contribution is 2.30. The third-order valence-electron chi connectivity index (χ3n) is 6.24. The van der Waals surface area contributed by atoms with Crippen LogP contribution in [0.4, 0.5) is 5.69 Å². The maximum atomic E-state index is 12.7. The zero-order chi connectivity index (χ0) is 20.1. The van der Waals surface area contributed by atoms with Gasteiger partial charge < -0.3 is 15.6 Å². The third-order valence-corrected chi connectivity index (χ3v) is 6.90. The van der Waals surface area contributed by atoms with Crippen LogP contribution < -0.4 is 5.73 Å². The number of rotatable bonds is 6. The van der Waals surface area contributed by atoms with Crippen molar-refractivity contribution in [2.45, 2.75) is 89.5 Å². The lowest BCUT2D eigenvalue weighted by Gasteiger charge is -2.34. The van der Waals surface area contributed by atoms with Crippen LogP contribution in [0.1, 0.15) is 80.6 Å². The molecule has 0 heterocycles. The standard InChI is InChI=1S/C22H33BrN2O3/c1-2-25(17-6-4-3-5-7-17)14-16-12-15(13-20(23)21(16)24)22(27)28-19-10-8-18(26)9-11-19/h12-13,17-19,26H,2-11,14,24H2,1H3. The molecule has 0 aliphatic heterocycles. The molecule has 0 saturated heterocycles. The van der Waals surface area contributed by atoms with E-state index in [4.69, 9.17) is 10.5 Å². The van der Waals surface area contributed by atoms with E-state index in [0.717, 1.165) is 36.0 Å². The van der Waals surface area contributed by atoms with Gasteiger partial charge in [0.1, 0.15) is 6.10 Å². The van der Waals surface area contributed by atoms with E-state index in [1.807, 2.05) is 6.07 Å². The van der Waals surface area contributed by atoms with Crippen LogP contribution >= 0.6 is 15.9 Å². The van der Waals surface area contributed by atoms with E-state index in [-0.39, 0.29) is 18.2 Å². The Morgan fingerprint density at radius 3 is 2.50 bits per heavy atom. The smallest absolute Gasteiger partial charge is 0.338 e. The molecule has 0 bridgehead atoms. The summed E-state index contributed by atoms with van der Waals surface area (Å²) in [5.74, 6) is -0.302. The summed E-state index contributed by atoms with van der Waals surface area (Å²) in [5.41, 5.74) is 8.55. The van der Waals surface area contributed by atoms with Gasteiger partial charge in [-0.2, -0.15) is 0 Å². The number of ether oxygens (including phenoxy) is 1. The zero-order valence-electron chi connectivity index (χ0n) is 16.8. The Morgan fingerprint density at radius 2 is 1.86 bits per heavy atom. The normalized spacial score (nSPS) is 23.7. The summed E-state index contributed by atoms with van der Waals surface area (Å²) in [6.45, 7) is 3.92. The molecule has 2 aliphatic carbocycles. The van der Waals surface area contributed by atoms with Gasteiger partial charge in [-0.3, -0.25) is 4.90 Å². The van der Waals surface area contributed by atoms with Crippen molar-refractivity contribution < 1.29 is 14.6 Å². The second kappa shape index (κ2) is 10.1. The van der Waals surface area contributed by atoms with Gasteiger partial charge in [0.25, 0.3) is 0 Å². The molecule has 0 unspecified atom stereocenters. The molecule has 156 valence electrons. The number of esters is 1. The van der Waals surface area contributed by atoms with Crippen molar-refractivity contribution in [1.29, 1.82) is 0 Å². The molecule has 28 heavy (non-hydrogen) atoms. The van der Waals surface area contributed by atoms with E-state index in [9.17, 15) is 9.90 Å². The van der Waals surface area contributed by atoms with Gasteiger partial charge in [-0.1, -0.05) is 26.2 Å². The van der Waals surface area contributed by atoms with Crippen molar-refractivity contribution in [2.24, 2.45) is 0 Å². The summed E-state index contributed by atoms with van der Waals surface area (Å²) in [6.07, 6.45) is 8.88. The van der Waals surface area contributed by atoms with Crippen LogP contribution in [0, 0.1) is 0 Å². The quantitative estimate of drug-likeness (QED) is 0.485.